The second kappa shape index (κ2) is 12.4. The third-order valence-electron chi connectivity index (χ3n) is 6.24. The molecule has 3 rings (SSSR count). The molecule has 2 aromatic carbocycles. The van der Waals surface area contributed by atoms with Gasteiger partial charge in [0.1, 0.15) is 12.1 Å². The quantitative estimate of drug-likeness (QED) is 0.265. The van der Waals surface area contributed by atoms with Gasteiger partial charge in [-0.25, -0.2) is 0 Å². The normalized spacial score (nSPS) is 14.7. The summed E-state index contributed by atoms with van der Waals surface area (Å²) in [5.41, 5.74) is 2.79. The molecule has 0 aliphatic carbocycles. The van der Waals surface area contributed by atoms with E-state index < -0.39 is 30.0 Å². The lowest BCUT2D eigenvalue weighted by atomic mass is 10.00. The summed E-state index contributed by atoms with van der Waals surface area (Å²) in [6, 6.07) is 14.6. The van der Waals surface area contributed by atoms with Crippen LogP contribution in [0.15, 0.2) is 60.8 Å². The second-order valence-corrected chi connectivity index (χ2v) is 9.67. The van der Waals surface area contributed by atoms with Crippen molar-refractivity contribution < 1.29 is 19.5 Å². The smallest absolute Gasteiger partial charge is 0.320 e. The molecule has 0 aliphatic rings. The molecular formula is C28H36N4O4. The van der Waals surface area contributed by atoms with Gasteiger partial charge in [0.2, 0.25) is 11.8 Å². The Labute approximate surface area is 211 Å². The zero-order valence-corrected chi connectivity index (χ0v) is 21.2. The predicted molar refractivity (Wildman–Crippen MR) is 140 cm³/mol. The molecule has 192 valence electrons. The first-order chi connectivity index (χ1) is 17.2. The summed E-state index contributed by atoms with van der Waals surface area (Å²) in [6.07, 6.45) is 2.55. The van der Waals surface area contributed by atoms with Gasteiger partial charge in [-0.15, -0.1) is 0 Å². The zero-order chi connectivity index (χ0) is 26.2. The van der Waals surface area contributed by atoms with Gasteiger partial charge in [-0.3, -0.25) is 19.7 Å². The number of aliphatic carboxylic acids is 1. The molecule has 0 fully saturated rings. The van der Waals surface area contributed by atoms with E-state index in [9.17, 15) is 19.5 Å². The van der Waals surface area contributed by atoms with Crippen LogP contribution >= 0.6 is 0 Å². The summed E-state index contributed by atoms with van der Waals surface area (Å²) in [4.78, 5) is 41.4. The molecule has 3 aromatic rings. The van der Waals surface area contributed by atoms with E-state index >= 15 is 0 Å². The molecule has 0 spiro atoms. The summed E-state index contributed by atoms with van der Waals surface area (Å²) < 4.78 is 0. The number of aromatic nitrogens is 1. The molecule has 8 heteroatoms. The maximum Gasteiger partial charge on any atom is 0.320 e. The maximum absolute atomic E-state index is 13.5. The Morgan fingerprint density at radius 1 is 0.861 bits per heavy atom. The fourth-order valence-corrected chi connectivity index (χ4v) is 4.24. The number of carbonyl (C=O) groups is 3. The monoisotopic (exact) mass is 492 g/mol. The lowest BCUT2D eigenvalue weighted by molar-refractivity contribution is -0.139. The van der Waals surface area contributed by atoms with E-state index in [4.69, 9.17) is 0 Å². The van der Waals surface area contributed by atoms with Crippen LogP contribution in [0.4, 0.5) is 0 Å². The molecule has 0 radical (unpaired) electrons. The van der Waals surface area contributed by atoms with Gasteiger partial charge in [0, 0.05) is 17.1 Å². The van der Waals surface area contributed by atoms with Crippen molar-refractivity contribution in [2.75, 3.05) is 0 Å². The molecule has 1 heterocycles. The summed E-state index contributed by atoms with van der Waals surface area (Å²) >= 11 is 0. The van der Waals surface area contributed by atoms with Crippen LogP contribution in [0.25, 0.3) is 10.9 Å². The first kappa shape index (κ1) is 26.9. The van der Waals surface area contributed by atoms with Gasteiger partial charge < -0.3 is 20.7 Å². The number of hydrogen-bond acceptors (Lipinski definition) is 4. The average Bonchev–Trinajstić information content (AvgIpc) is 3.26. The molecule has 2 amide bonds. The van der Waals surface area contributed by atoms with Crippen LogP contribution in [-0.4, -0.2) is 46.0 Å². The van der Waals surface area contributed by atoms with Crippen LogP contribution in [0, 0.1) is 5.92 Å². The van der Waals surface area contributed by atoms with Crippen LogP contribution in [0.1, 0.15) is 51.3 Å². The van der Waals surface area contributed by atoms with Crippen molar-refractivity contribution >= 4 is 28.7 Å². The number of amides is 2. The minimum atomic E-state index is -1.06. The number of H-pyrrole nitrogens is 1. The number of nitrogens with one attached hydrogen (secondary N) is 4. The Balaban J connectivity index is 1.79. The van der Waals surface area contributed by atoms with Gasteiger partial charge in [0.05, 0.1) is 12.1 Å². The van der Waals surface area contributed by atoms with Crippen molar-refractivity contribution in [2.45, 2.75) is 64.7 Å². The SMILES string of the molecule is CC(C)C[C@H](NC(=O)[C@H](Cc1c[nH]c2ccccc12)N[C@H](C)C(=O)O)C(=O)N[C@H](C)c1ccccc1. The largest absolute Gasteiger partial charge is 0.480 e. The van der Waals surface area contributed by atoms with E-state index in [2.05, 4.69) is 20.9 Å². The van der Waals surface area contributed by atoms with Crippen LogP contribution < -0.4 is 16.0 Å². The van der Waals surface area contributed by atoms with Gasteiger partial charge in [-0.1, -0.05) is 62.4 Å². The van der Waals surface area contributed by atoms with Gasteiger partial charge in [0.25, 0.3) is 0 Å². The van der Waals surface area contributed by atoms with Crippen molar-refractivity contribution in [1.82, 2.24) is 20.9 Å². The molecule has 36 heavy (non-hydrogen) atoms. The molecule has 5 N–H and O–H groups in total. The predicted octanol–water partition coefficient (Wildman–Crippen LogP) is 3.55. The molecule has 4 atom stereocenters. The number of aromatic amines is 1. The Kier molecular flexibility index (Phi) is 9.25. The number of carboxylic acid groups (broad SMARTS) is 1. The lowest BCUT2D eigenvalue weighted by Crippen LogP contribution is -2.56. The number of fused-ring (bicyclic) bond motifs is 1. The second-order valence-electron chi connectivity index (χ2n) is 9.67. The summed E-state index contributed by atoms with van der Waals surface area (Å²) in [5.74, 6) is -1.59. The van der Waals surface area contributed by atoms with E-state index in [1.807, 2.05) is 81.6 Å². The minimum Gasteiger partial charge on any atom is -0.480 e. The van der Waals surface area contributed by atoms with Crippen molar-refractivity contribution in [3.8, 4) is 0 Å². The molecule has 0 unspecified atom stereocenters. The van der Waals surface area contributed by atoms with Gasteiger partial charge >= 0.3 is 5.97 Å². The summed E-state index contributed by atoms with van der Waals surface area (Å²) in [7, 11) is 0. The molecular weight excluding hydrogens is 456 g/mol. The van der Waals surface area contributed by atoms with Gasteiger partial charge in [-0.05, 0) is 49.8 Å². The van der Waals surface area contributed by atoms with E-state index in [0.717, 1.165) is 22.0 Å². The molecule has 8 nitrogen and oxygen atoms in total. The highest BCUT2D eigenvalue weighted by atomic mass is 16.4. The number of benzene rings is 2. The van der Waals surface area contributed by atoms with Crippen LogP contribution in [0.5, 0.6) is 0 Å². The van der Waals surface area contributed by atoms with Crippen molar-refractivity contribution in [1.29, 1.82) is 0 Å². The van der Waals surface area contributed by atoms with Crippen molar-refractivity contribution in [3.63, 3.8) is 0 Å². The zero-order valence-electron chi connectivity index (χ0n) is 21.2. The number of hydrogen-bond donors (Lipinski definition) is 5. The fraction of sp³-hybridized carbons (Fsp3) is 0.393. The van der Waals surface area contributed by atoms with E-state index in [-0.39, 0.29) is 24.3 Å². The number of carbonyl (C=O) groups excluding carboxylic acids is 2. The molecule has 0 saturated carbocycles. The Morgan fingerprint density at radius 3 is 2.17 bits per heavy atom. The Hall–Kier alpha value is -3.65. The van der Waals surface area contributed by atoms with E-state index in [1.54, 1.807) is 0 Å². The highest BCUT2D eigenvalue weighted by Crippen LogP contribution is 2.20. The Morgan fingerprint density at radius 2 is 1.50 bits per heavy atom. The maximum atomic E-state index is 13.5. The highest BCUT2D eigenvalue weighted by molar-refractivity contribution is 5.91. The third kappa shape index (κ3) is 7.18. The minimum absolute atomic E-state index is 0.158. The first-order valence-electron chi connectivity index (χ1n) is 12.3. The fourth-order valence-electron chi connectivity index (χ4n) is 4.24. The number of rotatable bonds is 12. The van der Waals surface area contributed by atoms with Crippen LogP contribution in [0.3, 0.4) is 0 Å². The van der Waals surface area contributed by atoms with E-state index in [0.29, 0.717) is 6.42 Å². The van der Waals surface area contributed by atoms with Crippen molar-refractivity contribution in [2.24, 2.45) is 5.92 Å². The molecule has 1 aromatic heterocycles. The van der Waals surface area contributed by atoms with Gasteiger partial charge in [0.15, 0.2) is 0 Å². The van der Waals surface area contributed by atoms with E-state index in [1.165, 1.54) is 6.92 Å². The highest BCUT2D eigenvalue weighted by Gasteiger charge is 2.29. The van der Waals surface area contributed by atoms with Crippen molar-refractivity contribution in [3.05, 3.63) is 71.9 Å². The van der Waals surface area contributed by atoms with Gasteiger partial charge in [-0.2, -0.15) is 0 Å². The lowest BCUT2D eigenvalue weighted by Gasteiger charge is -2.26. The number of carboxylic acids is 1. The average molecular weight is 493 g/mol. The van der Waals surface area contributed by atoms with Crippen LogP contribution in [0.2, 0.25) is 0 Å². The third-order valence-corrected chi connectivity index (χ3v) is 6.24. The standard InChI is InChI=1S/C28H36N4O4/c1-17(2)14-24(26(33)31-18(3)20-10-6-5-7-11-20)32-27(34)25(30-19(4)28(35)36)15-21-16-29-23-13-9-8-12-22(21)23/h5-13,16-19,24-25,29-30H,14-15H2,1-4H3,(H,31,33)(H,32,34)(H,35,36)/t18-,19-,24+,25+/m1/s1. The first-order valence-corrected chi connectivity index (χ1v) is 12.3. The molecule has 0 saturated heterocycles. The molecule has 0 aliphatic heterocycles. The summed E-state index contributed by atoms with van der Waals surface area (Å²) in [6.45, 7) is 7.37. The number of para-hydroxylation sites is 1. The van der Waals surface area contributed by atoms with Crippen LogP contribution in [-0.2, 0) is 20.8 Å². The topological polar surface area (TPSA) is 123 Å². The molecule has 0 bridgehead atoms. The summed E-state index contributed by atoms with van der Waals surface area (Å²) in [5, 5.41) is 19.2. The Bertz CT molecular complexity index is 1170.